The Kier molecular flexibility index (Phi) is 3.92. The van der Waals surface area contributed by atoms with Crippen molar-refractivity contribution in [2.75, 3.05) is 18.1 Å². The molecule has 102 valence electrons. The number of thioether (sulfide) groups is 1. The summed E-state index contributed by atoms with van der Waals surface area (Å²) in [5.41, 5.74) is 0.556. The van der Waals surface area contributed by atoms with Gasteiger partial charge in [0.2, 0.25) is 5.88 Å². The lowest BCUT2D eigenvalue weighted by Gasteiger charge is -2.14. The summed E-state index contributed by atoms with van der Waals surface area (Å²) in [6, 6.07) is 3.56. The van der Waals surface area contributed by atoms with Crippen LogP contribution >= 0.6 is 11.8 Å². The minimum Gasteiger partial charge on any atom is -0.473 e. The predicted octanol–water partition coefficient (Wildman–Crippen LogP) is 2.11. The quantitative estimate of drug-likeness (QED) is 0.896. The number of aromatic nitrogens is 1. The van der Waals surface area contributed by atoms with Gasteiger partial charge in [-0.2, -0.15) is 11.8 Å². The van der Waals surface area contributed by atoms with E-state index in [0.717, 1.165) is 24.5 Å². The van der Waals surface area contributed by atoms with Gasteiger partial charge in [-0.25, -0.2) is 4.98 Å². The number of nitrogens with zero attached hydrogens (tertiary/aromatic N) is 1. The van der Waals surface area contributed by atoms with Crippen LogP contribution in [-0.2, 0) is 0 Å². The maximum atomic E-state index is 12.1. The van der Waals surface area contributed by atoms with Gasteiger partial charge in [0.25, 0.3) is 5.91 Å². The predicted molar refractivity (Wildman–Crippen MR) is 75.7 cm³/mol. The third kappa shape index (κ3) is 3.41. The second kappa shape index (κ2) is 5.82. The molecule has 1 saturated heterocycles. The van der Waals surface area contributed by atoms with E-state index in [0.29, 0.717) is 17.4 Å². The van der Waals surface area contributed by atoms with Crippen LogP contribution in [0.1, 0.15) is 29.6 Å². The van der Waals surface area contributed by atoms with Crippen LogP contribution in [0.25, 0.3) is 0 Å². The summed E-state index contributed by atoms with van der Waals surface area (Å²) in [5, 5.41) is 2.96. The van der Waals surface area contributed by atoms with Crippen molar-refractivity contribution in [3.8, 4) is 5.88 Å². The molecule has 1 atom stereocenters. The summed E-state index contributed by atoms with van der Waals surface area (Å²) < 4.78 is 5.86. The van der Waals surface area contributed by atoms with E-state index in [1.54, 1.807) is 18.3 Å². The lowest BCUT2D eigenvalue weighted by atomic mass is 10.2. The fraction of sp³-hybridized carbons (Fsp3) is 0.571. The van der Waals surface area contributed by atoms with Gasteiger partial charge in [0.15, 0.2) is 0 Å². The second-order valence-electron chi connectivity index (χ2n) is 5.11. The van der Waals surface area contributed by atoms with Gasteiger partial charge in [-0.3, -0.25) is 4.79 Å². The molecule has 3 rings (SSSR count). The number of pyridine rings is 1. The SMILES string of the molecule is O=C(NCC1CC1)c1cccnc1O[C@H]1CCSC1. The van der Waals surface area contributed by atoms with Crippen molar-refractivity contribution in [2.24, 2.45) is 5.92 Å². The lowest BCUT2D eigenvalue weighted by Crippen LogP contribution is -2.27. The fourth-order valence-corrected chi connectivity index (χ4v) is 3.17. The Balaban J connectivity index is 1.66. The van der Waals surface area contributed by atoms with Gasteiger partial charge >= 0.3 is 0 Å². The average molecular weight is 278 g/mol. The van der Waals surface area contributed by atoms with Gasteiger partial charge in [-0.05, 0) is 43.1 Å². The van der Waals surface area contributed by atoms with Gasteiger partial charge < -0.3 is 10.1 Å². The molecular weight excluding hydrogens is 260 g/mol. The Bertz CT molecular complexity index is 457. The highest BCUT2D eigenvalue weighted by atomic mass is 32.2. The maximum Gasteiger partial charge on any atom is 0.256 e. The molecule has 1 aromatic heterocycles. The first-order valence-electron chi connectivity index (χ1n) is 6.80. The molecule has 1 aliphatic carbocycles. The number of hydrogen-bond acceptors (Lipinski definition) is 4. The van der Waals surface area contributed by atoms with Crippen LogP contribution in [0.2, 0.25) is 0 Å². The molecule has 1 aromatic rings. The van der Waals surface area contributed by atoms with E-state index in [4.69, 9.17) is 4.74 Å². The summed E-state index contributed by atoms with van der Waals surface area (Å²) in [6.45, 7) is 0.770. The van der Waals surface area contributed by atoms with Crippen LogP contribution in [0, 0.1) is 5.92 Å². The summed E-state index contributed by atoms with van der Waals surface area (Å²) in [7, 11) is 0. The first-order chi connectivity index (χ1) is 9.33. The van der Waals surface area contributed by atoms with E-state index in [1.807, 2.05) is 11.8 Å². The maximum absolute atomic E-state index is 12.1. The number of ether oxygens (including phenoxy) is 1. The van der Waals surface area contributed by atoms with E-state index in [9.17, 15) is 4.79 Å². The van der Waals surface area contributed by atoms with Crippen LogP contribution in [0.4, 0.5) is 0 Å². The number of hydrogen-bond donors (Lipinski definition) is 1. The molecule has 4 nitrogen and oxygen atoms in total. The first kappa shape index (κ1) is 12.8. The van der Waals surface area contributed by atoms with Crippen molar-refractivity contribution in [3.05, 3.63) is 23.9 Å². The molecule has 2 fully saturated rings. The fourth-order valence-electron chi connectivity index (χ4n) is 2.08. The Morgan fingerprint density at radius 1 is 1.47 bits per heavy atom. The van der Waals surface area contributed by atoms with Crippen molar-refractivity contribution in [1.82, 2.24) is 10.3 Å². The third-order valence-electron chi connectivity index (χ3n) is 3.43. The van der Waals surface area contributed by atoms with Crippen LogP contribution in [-0.4, -0.2) is 35.0 Å². The molecule has 5 heteroatoms. The highest BCUT2D eigenvalue weighted by Crippen LogP contribution is 2.28. The summed E-state index contributed by atoms with van der Waals surface area (Å²) in [4.78, 5) is 16.3. The Labute approximate surface area is 117 Å². The highest BCUT2D eigenvalue weighted by molar-refractivity contribution is 7.99. The van der Waals surface area contributed by atoms with Crippen LogP contribution in [0.5, 0.6) is 5.88 Å². The summed E-state index contributed by atoms with van der Waals surface area (Å²) in [5.74, 6) is 3.20. The highest BCUT2D eigenvalue weighted by Gasteiger charge is 2.24. The van der Waals surface area contributed by atoms with Gasteiger partial charge in [0, 0.05) is 18.5 Å². The normalized spacial score (nSPS) is 22.2. The molecule has 1 N–H and O–H groups in total. The molecular formula is C14H18N2O2S. The zero-order chi connectivity index (χ0) is 13.1. The Hall–Kier alpha value is -1.23. The second-order valence-corrected chi connectivity index (χ2v) is 6.26. The third-order valence-corrected chi connectivity index (χ3v) is 4.56. The molecule has 2 heterocycles. The molecule has 0 bridgehead atoms. The molecule has 1 aliphatic heterocycles. The van der Waals surface area contributed by atoms with Crippen LogP contribution < -0.4 is 10.1 Å². The number of rotatable bonds is 5. The van der Waals surface area contributed by atoms with E-state index in [2.05, 4.69) is 10.3 Å². The molecule has 1 amide bonds. The largest absolute Gasteiger partial charge is 0.473 e. The first-order valence-corrected chi connectivity index (χ1v) is 7.96. The Morgan fingerprint density at radius 3 is 3.11 bits per heavy atom. The van der Waals surface area contributed by atoms with E-state index >= 15 is 0 Å². The zero-order valence-electron chi connectivity index (χ0n) is 10.8. The molecule has 1 saturated carbocycles. The van der Waals surface area contributed by atoms with Crippen molar-refractivity contribution in [2.45, 2.75) is 25.4 Å². The van der Waals surface area contributed by atoms with E-state index < -0.39 is 0 Å². The molecule has 2 aliphatic rings. The Morgan fingerprint density at radius 2 is 2.37 bits per heavy atom. The minimum atomic E-state index is -0.0688. The molecule has 19 heavy (non-hydrogen) atoms. The van der Waals surface area contributed by atoms with Crippen molar-refractivity contribution < 1.29 is 9.53 Å². The number of carbonyl (C=O) groups is 1. The standard InChI is InChI=1S/C14H18N2O2S/c17-13(16-8-10-3-4-10)12-2-1-6-15-14(12)18-11-5-7-19-9-11/h1-2,6,10-11H,3-5,7-9H2,(H,16,17)/t11-/m0/s1. The van der Waals surface area contributed by atoms with E-state index in [1.165, 1.54) is 12.8 Å². The van der Waals surface area contributed by atoms with Crippen LogP contribution in [0.3, 0.4) is 0 Å². The smallest absolute Gasteiger partial charge is 0.256 e. The molecule has 0 aromatic carbocycles. The number of carbonyl (C=O) groups excluding carboxylic acids is 1. The zero-order valence-corrected chi connectivity index (χ0v) is 11.6. The monoisotopic (exact) mass is 278 g/mol. The molecule has 0 radical (unpaired) electrons. The summed E-state index contributed by atoms with van der Waals surface area (Å²) in [6.07, 6.45) is 5.36. The van der Waals surface area contributed by atoms with Crippen molar-refractivity contribution in [1.29, 1.82) is 0 Å². The molecule has 0 unspecified atom stereocenters. The van der Waals surface area contributed by atoms with Gasteiger partial charge in [-0.1, -0.05) is 0 Å². The number of nitrogens with one attached hydrogen (secondary N) is 1. The van der Waals surface area contributed by atoms with E-state index in [-0.39, 0.29) is 12.0 Å². The molecule has 0 spiro atoms. The topological polar surface area (TPSA) is 51.2 Å². The number of amides is 1. The summed E-state index contributed by atoms with van der Waals surface area (Å²) >= 11 is 1.88. The van der Waals surface area contributed by atoms with Crippen LogP contribution in [0.15, 0.2) is 18.3 Å². The minimum absolute atomic E-state index is 0.0688. The average Bonchev–Trinajstić information content (AvgIpc) is 3.13. The van der Waals surface area contributed by atoms with Crippen molar-refractivity contribution >= 4 is 17.7 Å². The van der Waals surface area contributed by atoms with Gasteiger partial charge in [-0.15, -0.1) is 0 Å². The van der Waals surface area contributed by atoms with Gasteiger partial charge in [0.1, 0.15) is 11.7 Å². The van der Waals surface area contributed by atoms with Gasteiger partial charge in [0.05, 0.1) is 0 Å². The lowest BCUT2D eigenvalue weighted by molar-refractivity contribution is 0.0944. The van der Waals surface area contributed by atoms with Crippen molar-refractivity contribution in [3.63, 3.8) is 0 Å².